The molecule has 0 amide bonds. The molecule has 0 spiro atoms. The first-order chi connectivity index (χ1) is 13.9. The number of allylic oxidation sites excluding steroid dienone is 1. The lowest BCUT2D eigenvalue weighted by atomic mass is 10.3. The molecule has 0 radical (unpaired) electrons. The Morgan fingerprint density at radius 3 is 2.14 bits per heavy atom. The zero-order valence-electron chi connectivity index (χ0n) is 15.8. The van der Waals surface area contributed by atoms with Crippen LogP contribution in [0, 0.1) is 0 Å². The number of ether oxygens (including phenoxy) is 1. The van der Waals surface area contributed by atoms with Gasteiger partial charge in [0.2, 0.25) is 5.88 Å². The summed E-state index contributed by atoms with van der Waals surface area (Å²) in [7, 11) is -0.531. The van der Waals surface area contributed by atoms with Gasteiger partial charge in [0.25, 0.3) is 0 Å². The van der Waals surface area contributed by atoms with Crippen molar-refractivity contribution in [2.75, 3.05) is 12.8 Å². The predicted molar refractivity (Wildman–Crippen MR) is 117 cm³/mol. The van der Waals surface area contributed by atoms with E-state index >= 15 is 0 Å². The molecule has 0 N–H and O–H groups in total. The van der Waals surface area contributed by atoms with Crippen molar-refractivity contribution < 1.29 is 4.74 Å². The summed E-state index contributed by atoms with van der Waals surface area (Å²) in [6.07, 6.45) is 3.02. The molecule has 0 aliphatic rings. The summed E-state index contributed by atoms with van der Waals surface area (Å²) >= 11 is 0. The Hall–Kier alpha value is -2.97. The maximum atomic E-state index is 5.95. The average Bonchev–Trinajstić information content (AvgIpc) is 3.19. The summed E-state index contributed by atoms with van der Waals surface area (Å²) in [5.74, 6) is 0.732. The van der Waals surface area contributed by atoms with E-state index in [1.54, 1.807) is 4.68 Å². The van der Waals surface area contributed by atoms with Gasteiger partial charge in [0.1, 0.15) is 5.52 Å². The molecule has 0 saturated carbocycles. The van der Waals surface area contributed by atoms with Gasteiger partial charge < -0.3 is 4.74 Å². The quantitative estimate of drug-likeness (QED) is 0.349. The van der Waals surface area contributed by atoms with Crippen molar-refractivity contribution in [3.8, 4) is 0 Å². The highest BCUT2D eigenvalue weighted by Crippen LogP contribution is 2.34. The molecular formula is C23H22N3OP. The van der Waals surface area contributed by atoms with E-state index < -0.39 is 7.92 Å². The Balaban J connectivity index is 1.71. The zero-order chi connectivity index (χ0) is 19.2. The maximum Gasteiger partial charge on any atom is 0.212 e. The summed E-state index contributed by atoms with van der Waals surface area (Å²) in [5, 5.41) is 11.3. The Labute approximate surface area is 166 Å². The van der Waals surface area contributed by atoms with Crippen LogP contribution >= 0.6 is 7.92 Å². The Morgan fingerprint density at radius 1 is 0.893 bits per heavy atom. The Bertz CT molecular complexity index is 1020. The third kappa shape index (κ3) is 3.97. The summed E-state index contributed by atoms with van der Waals surface area (Å²) < 4.78 is 7.74. The molecule has 5 heteroatoms. The maximum absolute atomic E-state index is 5.95. The first-order valence-electron chi connectivity index (χ1n) is 9.38. The fraction of sp³-hybridized carbons (Fsp3) is 0.130. The first-order valence-corrected chi connectivity index (χ1v) is 10.9. The number of fused-ring (bicyclic) bond motifs is 1. The van der Waals surface area contributed by atoms with Crippen LogP contribution < -0.4 is 10.6 Å². The van der Waals surface area contributed by atoms with Crippen molar-refractivity contribution in [3.05, 3.63) is 91.0 Å². The van der Waals surface area contributed by atoms with Crippen molar-refractivity contribution in [2.45, 2.75) is 6.92 Å². The molecule has 4 aromatic rings. The van der Waals surface area contributed by atoms with E-state index in [1.807, 2.05) is 31.2 Å². The van der Waals surface area contributed by atoms with Gasteiger partial charge >= 0.3 is 0 Å². The number of aromatic nitrogens is 3. The molecule has 0 aliphatic carbocycles. The van der Waals surface area contributed by atoms with Crippen LogP contribution in [0.5, 0.6) is 0 Å². The molecule has 0 atom stereocenters. The van der Waals surface area contributed by atoms with Gasteiger partial charge in [-0.1, -0.05) is 78.0 Å². The molecule has 4 rings (SSSR count). The molecule has 4 nitrogen and oxygen atoms in total. The lowest BCUT2D eigenvalue weighted by Gasteiger charge is -2.18. The largest absolute Gasteiger partial charge is 0.478 e. The molecule has 0 unspecified atom stereocenters. The van der Waals surface area contributed by atoms with E-state index in [-0.39, 0.29) is 0 Å². The summed E-state index contributed by atoms with van der Waals surface area (Å²) in [6.45, 7) is 2.57. The van der Waals surface area contributed by atoms with Crippen molar-refractivity contribution in [3.63, 3.8) is 0 Å². The monoisotopic (exact) mass is 387 g/mol. The average molecular weight is 387 g/mol. The number of hydrogen-bond acceptors (Lipinski definition) is 3. The van der Waals surface area contributed by atoms with Crippen molar-refractivity contribution >= 4 is 35.4 Å². The normalized spacial score (nSPS) is 11.9. The van der Waals surface area contributed by atoms with E-state index in [0.717, 1.165) is 23.1 Å². The molecule has 3 aromatic carbocycles. The van der Waals surface area contributed by atoms with E-state index in [2.05, 4.69) is 77.1 Å². The number of hydrogen-bond donors (Lipinski definition) is 0. The molecule has 140 valence electrons. The standard InChI is InChI=1S/C23H22N3OP/c1-2-27-23(26-22-16-10-9-15-21(22)24-25-26)17-18-28(19-11-5-3-6-12-19)20-13-7-4-8-14-20/h3-17H,2,18H2,1H3/b23-17-. The summed E-state index contributed by atoms with van der Waals surface area (Å²) in [4.78, 5) is 0. The Morgan fingerprint density at radius 2 is 1.50 bits per heavy atom. The predicted octanol–water partition coefficient (Wildman–Crippen LogP) is 4.40. The molecule has 0 saturated heterocycles. The van der Waals surface area contributed by atoms with Gasteiger partial charge in [0.05, 0.1) is 12.1 Å². The van der Waals surface area contributed by atoms with Gasteiger partial charge in [0.15, 0.2) is 0 Å². The number of benzene rings is 3. The van der Waals surface area contributed by atoms with Crippen molar-refractivity contribution in [1.29, 1.82) is 0 Å². The number of rotatable bonds is 7. The van der Waals surface area contributed by atoms with Crippen LogP contribution in [0.4, 0.5) is 0 Å². The Kier molecular flexibility index (Phi) is 5.79. The van der Waals surface area contributed by atoms with E-state index in [9.17, 15) is 0 Å². The van der Waals surface area contributed by atoms with Crippen LogP contribution in [-0.2, 0) is 4.74 Å². The summed E-state index contributed by atoms with van der Waals surface area (Å²) in [6, 6.07) is 29.3. The van der Waals surface area contributed by atoms with Crippen LogP contribution in [0.15, 0.2) is 91.0 Å². The third-order valence-electron chi connectivity index (χ3n) is 4.44. The minimum absolute atomic E-state index is 0.531. The fourth-order valence-corrected chi connectivity index (χ4v) is 5.25. The smallest absolute Gasteiger partial charge is 0.212 e. The highest BCUT2D eigenvalue weighted by atomic mass is 31.1. The van der Waals surface area contributed by atoms with E-state index in [1.165, 1.54) is 10.6 Å². The van der Waals surface area contributed by atoms with Crippen LogP contribution in [0.2, 0.25) is 0 Å². The fourth-order valence-electron chi connectivity index (χ4n) is 3.13. The van der Waals surface area contributed by atoms with Gasteiger partial charge in [0, 0.05) is 0 Å². The third-order valence-corrected chi connectivity index (χ3v) is 6.83. The highest BCUT2D eigenvalue weighted by Gasteiger charge is 2.15. The number of nitrogens with zero attached hydrogens (tertiary/aromatic N) is 3. The molecule has 28 heavy (non-hydrogen) atoms. The first kappa shape index (κ1) is 18.4. The minimum Gasteiger partial charge on any atom is -0.478 e. The van der Waals surface area contributed by atoms with E-state index in [4.69, 9.17) is 4.74 Å². The second-order valence-corrected chi connectivity index (χ2v) is 8.50. The van der Waals surface area contributed by atoms with Crippen LogP contribution in [0.25, 0.3) is 16.9 Å². The van der Waals surface area contributed by atoms with Crippen LogP contribution in [0.3, 0.4) is 0 Å². The second kappa shape index (κ2) is 8.81. The van der Waals surface area contributed by atoms with Crippen LogP contribution in [-0.4, -0.2) is 27.8 Å². The topological polar surface area (TPSA) is 39.9 Å². The van der Waals surface area contributed by atoms with Crippen LogP contribution in [0.1, 0.15) is 6.92 Å². The minimum atomic E-state index is -0.531. The van der Waals surface area contributed by atoms with Crippen molar-refractivity contribution in [1.82, 2.24) is 15.0 Å². The van der Waals surface area contributed by atoms with Gasteiger partial charge in [-0.2, -0.15) is 4.68 Å². The summed E-state index contributed by atoms with van der Waals surface area (Å²) in [5.41, 5.74) is 1.81. The second-order valence-electron chi connectivity index (χ2n) is 6.25. The zero-order valence-corrected chi connectivity index (χ0v) is 16.7. The van der Waals surface area contributed by atoms with Crippen molar-refractivity contribution in [2.24, 2.45) is 0 Å². The lowest BCUT2D eigenvalue weighted by molar-refractivity contribution is 0.272. The molecule has 0 fully saturated rings. The van der Waals surface area contributed by atoms with Gasteiger partial charge in [-0.25, -0.2) is 0 Å². The highest BCUT2D eigenvalue weighted by molar-refractivity contribution is 7.73. The van der Waals surface area contributed by atoms with Gasteiger partial charge in [-0.05, 0) is 49.8 Å². The van der Waals surface area contributed by atoms with E-state index in [0.29, 0.717) is 6.61 Å². The van der Waals surface area contributed by atoms with Gasteiger partial charge in [-0.3, -0.25) is 0 Å². The molecule has 1 aromatic heterocycles. The SMILES string of the molecule is CCO/C(=C\CP(c1ccccc1)c1ccccc1)n1nnc2ccccc21. The molecular weight excluding hydrogens is 365 g/mol. The van der Waals surface area contributed by atoms with Gasteiger partial charge in [-0.15, -0.1) is 5.10 Å². The molecule has 0 aliphatic heterocycles. The lowest BCUT2D eigenvalue weighted by Crippen LogP contribution is -2.14. The molecule has 1 heterocycles. The number of para-hydroxylation sites is 1. The molecule has 0 bridgehead atoms.